The van der Waals surface area contributed by atoms with E-state index >= 15 is 0 Å². The smallest absolute Gasteiger partial charge is 0.187 e. The van der Waals surface area contributed by atoms with Crippen molar-refractivity contribution in [2.75, 3.05) is 0 Å². The molecule has 1 fully saturated rings. The Labute approximate surface area is 117 Å². The topological polar surface area (TPSA) is 99.4 Å². The van der Waals surface area contributed by atoms with E-state index in [0.717, 1.165) is 5.56 Å². The summed E-state index contributed by atoms with van der Waals surface area (Å²) in [7, 11) is 0. The van der Waals surface area contributed by atoms with Crippen LogP contribution in [0.5, 0.6) is 5.75 Å². The van der Waals surface area contributed by atoms with E-state index < -0.39 is 36.8 Å². The summed E-state index contributed by atoms with van der Waals surface area (Å²) in [6, 6.07) is 6.47. The van der Waals surface area contributed by atoms with E-state index in [2.05, 4.69) is 0 Å². The summed E-state index contributed by atoms with van der Waals surface area (Å²) in [5, 5.41) is 38.4. The minimum absolute atomic E-state index is 0.155. The highest BCUT2D eigenvalue weighted by Crippen LogP contribution is 2.27. The van der Waals surface area contributed by atoms with Crippen LogP contribution >= 0.6 is 0 Å². The molecule has 1 heterocycles. The Bertz CT molecular complexity index is 434. The summed E-state index contributed by atoms with van der Waals surface area (Å²) in [4.78, 5) is 0. The molecular formula is C14H20O6. The fourth-order valence-electron chi connectivity index (χ4n) is 2.15. The Morgan fingerprint density at radius 3 is 2.25 bits per heavy atom. The fourth-order valence-corrected chi connectivity index (χ4v) is 2.15. The molecule has 112 valence electrons. The van der Waals surface area contributed by atoms with Gasteiger partial charge in [-0.25, -0.2) is 0 Å². The molecule has 0 radical (unpaired) electrons. The van der Waals surface area contributed by atoms with Crippen molar-refractivity contribution in [3.8, 4) is 5.75 Å². The van der Waals surface area contributed by atoms with Gasteiger partial charge in [-0.1, -0.05) is 12.1 Å². The Balaban J connectivity index is 2.03. The third-order valence-electron chi connectivity index (χ3n) is 3.51. The van der Waals surface area contributed by atoms with Crippen LogP contribution in [0.4, 0.5) is 0 Å². The molecule has 1 aliphatic heterocycles. The van der Waals surface area contributed by atoms with Crippen LogP contribution in [-0.4, -0.2) is 51.1 Å². The number of benzene rings is 1. The fraction of sp³-hybridized carbons (Fsp3) is 0.571. The van der Waals surface area contributed by atoms with Crippen LogP contribution in [0.1, 0.15) is 25.5 Å². The molecule has 0 aromatic heterocycles. The predicted molar refractivity (Wildman–Crippen MR) is 70.0 cm³/mol. The molecule has 20 heavy (non-hydrogen) atoms. The maximum atomic E-state index is 9.87. The molecule has 0 amide bonds. The molecule has 1 aliphatic rings. The van der Waals surface area contributed by atoms with Gasteiger partial charge in [0.2, 0.25) is 0 Å². The third kappa shape index (κ3) is 3.11. The summed E-state index contributed by atoms with van der Waals surface area (Å²) in [5.41, 5.74) is 0.798. The molecule has 4 N–H and O–H groups in total. The highest BCUT2D eigenvalue weighted by molar-refractivity contribution is 5.27. The lowest BCUT2D eigenvalue weighted by Gasteiger charge is -2.39. The predicted octanol–water partition coefficient (Wildman–Crippen LogP) is 0.297. The standard InChI is InChI=1S/C14H20O6/c1-7(9-3-5-10(15)6-4-9)19-14-13(18)12(17)11(16)8(2)20-14/h3-8,11-18H,1-2H3/t7?,8-,11-,12+,13-,14-/m1/s1. The van der Waals surface area contributed by atoms with Gasteiger partial charge >= 0.3 is 0 Å². The van der Waals surface area contributed by atoms with E-state index in [4.69, 9.17) is 9.47 Å². The first-order valence-corrected chi connectivity index (χ1v) is 6.54. The van der Waals surface area contributed by atoms with Crippen LogP contribution in [0, 0.1) is 0 Å². The Morgan fingerprint density at radius 2 is 1.65 bits per heavy atom. The van der Waals surface area contributed by atoms with Crippen LogP contribution in [0.3, 0.4) is 0 Å². The highest BCUT2D eigenvalue weighted by atomic mass is 16.7. The molecule has 0 aliphatic carbocycles. The maximum absolute atomic E-state index is 9.87. The molecular weight excluding hydrogens is 264 g/mol. The molecule has 6 heteroatoms. The minimum Gasteiger partial charge on any atom is -0.508 e. The van der Waals surface area contributed by atoms with Crippen molar-refractivity contribution < 1.29 is 29.9 Å². The summed E-state index contributed by atoms with van der Waals surface area (Å²) in [5.74, 6) is 0.155. The number of aliphatic hydroxyl groups is 3. The van der Waals surface area contributed by atoms with Gasteiger partial charge < -0.3 is 29.9 Å². The first-order valence-electron chi connectivity index (χ1n) is 6.54. The van der Waals surface area contributed by atoms with E-state index in [1.54, 1.807) is 26.0 Å². The average molecular weight is 284 g/mol. The molecule has 0 bridgehead atoms. The number of rotatable bonds is 3. The van der Waals surface area contributed by atoms with Gasteiger partial charge in [-0.15, -0.1) is 0 Å². The summed E-state index contributed by atoms with van der Waals surface area (Å²) in [6.45, 7) is 3.37. The second kappa shape index (κ2) is 6.07. The number of hydrogen-bond acceptors (Lipinski definition) is 6. The van der Waals surface area contributed by atoms with Gasteiger partial charge in [0.15, 0.2) is 6.29 Å². The summed E-state index contributed by atoms with van der Waals surface area (Å²) >= 11 is 0. The number of ether oxygens (including phenoxy) is 2. The van der Waals surface area contributed by atoms with Gasteiger partial charge in [0.1, 0.15) is 24.1 Å². The van der Waals surface area contributed by atoms with E-state index in [0.29, 0.717) is 0 Å². The lowest BCUT2D eigenvalue weighted by atomic mass is 10.00. The van der Waals surface area contributed by atoms with Gasteiger partial charge in [0.25, 0.3) is 0 Å². The van der Waals surface area contributed by atoms with Crippen molar-refractivity contribution in [3.63, 3.8) is 0 Å². The zero-order valence-corrected chi connectivity index (χ0v) is 11.4. The second-order valence-corrected chi connectivity index (χ2v) is 5.05. The van der Waals surface area contributed by atoms with Gasteiger partial charge in [-0.05, 0) is 31.5 Å². The first kappa shape index (κ1) is 15.2. The van der Waals surface area contributed by atoms with E-state index in [1.807, 2.05) is 0 Å². The molecule has 1 aromatic rings. The molecule has 1 unspecified atom stereocenters. The monoisotopic (exact) mass is 284 g/mol. The highest BCUT2D eigenvalue weighted by Gasteiger charge is 2.42. The Kier molecular flexibility index (Phi) is 4.62. The van der Waals surface area contributed by atoms with Crippen LogP contribution in [-0.2, 0) is 9.47 Å². The van der Waals surface area contributed by atoms with Crippen molar-refractivity contribution >= 4 is 0 Å². The number of phenols is 1. The zero-order chi connectivity index (χ0) is 14.9. The van der Waals surface area contributed by atoms with Crippen LogP contribution in [0.15, 0.2) is 24.3 Å². The van der Waals surface area contributed by atoms with Crippen molar-refractivity contribution in [2.45, 2.75) is 50.7 Å². The lowest BCUT2D eigenvalue weighted by Crippen LogP contribution is -2.57. The maximum Gasteiger partial charge on any atom is 0.187 e. The molecule has 6 atom stereocenters. The molecule has 1 aromatic carbocycles. The molecule has 6 nitrogen and oxygen atoms in total. The molecule has 2 rings (SSSR count). The lowest BCUT2D eigenvalue weighted by molar-refractivity contribution is -0.303. The van der Waals surface area contributed by atoms with Crippen molar-refractivity contribution in [3.05, 3.63) is 29.8 Å². The second-order valence-electron chi connectivity index (χ2n) is 5.05. The average Bonchev–Trinajstić information content (AvgIpc) is 2.43. The van der Waals surface area contributed by atoms with E-state index in [-0.39, 0.29) is 5.75 Å². The van der Waals surface area contributed by atoms with Gasteiger partial charge in [-0.2, -0.15) is 0 Å². The molecule has 1 saturated heterocycles. The van der Waals surface area contributed by atoms with Crippen LogP contribution < -0.4 is 0 Å². The van der Waals surface area contributed by atoms with E-state index in [9.17, 15) is 20.4 Å². The number of aromatic hydroxyl groups is 1. The zero-order valence-electron chi connectivity index (χ0n) is 11.4. The molecule has 0 saturated carbocycles. The number of aliphatic hydroxyl groups excluding tert-OH is 3. The van der Waals surface area contributed by atoms with Crippen LogP contribution in [0.25, 0.3) is 0 Å². The Morgan fingerprint density at radius 1 is 1.05 bits per heavy atom. The van der Waals surface area contributed by atoms with Crippen LogP contribution in [0.2, 0.25) is 0 Å². The van der Waals surface area contributed by atoms with Gasteiger partial charge in [0, 0.05) is 0 Å². The quantitative estimate of drug-likeness (QED) is 0.637. The van der Waals surface area contributed by atoms with Crippen molar-refractivity contribution in [2.24, 2.45) is 0 Å². The SMILES string of the molecule is CC(O[C@@H]1O[C@H](C)[C@@H](O)[C@H](O)[C@H]1O)c1ccc(O)cc1. The summed E-state index contributed by atoms with van der Waals surface area (Å²) in [6.07, 6.45) is -5.83. The van der Waals surface area contributed by atoms with E-state index in [1.165, 1.54) is 12.1 Å². The minimum atomic E-state index is -1.32. The van der Waals surface area contributed by atoms with Gasteiger partial charge in [0.05, 0.1) is 12.2 Å². The molecule has 0 spiro atoms. The van der Waals surface area contributed by atoms with Gasteiger partial charge in [-0.3, -0.25) is 0 Å². The normalized spacial score (nSPS) is 35.8. The largest absolute Gasteiger partial charge is 0.508 e. The first-order chi connectivity index (χ1) is 9.40. The van der Waals surface area contributed by atoms with Crippen molar-refractivity contribution in [1.29, 1.82) is 0 Å². The Hall–Kier alpha value is -1.18. The number of hydrogen-bond donors (Lipinski definition) is 4. The van der Waals surface area contributed by atoms with Crippen molar-refractivity contribution in [1.82, 2.24) is 0 Å². The summed E-state index contributed by atoms with van der Waals surface area (Å²) < 4.78 is 11.0. The third-order valence-corrected chi connectivity index (χ3v) is 3.51. The number of phenolic OH excluding ortho intramolecular Hbond substituents is 1.